The van der Waals surface area contributed by atoms with Crippen LogP contribution in [0, 0.1) is 0 Å². The van der Waals surface area contributed by atoms with Gasteiger partial charge < -0.3 is 11.1 Å². The molecule has 0 radical (unpaired) electrons. The zero-order valence-corrected chi connectivity index (χ0v) is 9.98. The van der Waals surface area contributed by atoms with E-state index in [0.717, 1.165) is 37.7 Å². The maximum atomic E-state index is 11.7. The Bertz CT molecular complexity index is 349. The number of carbonyl (C=O) groups excluding carboxylic acids is 1. The van der Waals surface area contributed by atoms with E-state index >= 15 is 0 Å². The van der Waals surface area contributed by atoms with E-state index in [1.165, 1.54) is 0 Å². The Kier molecular flexibility index (Phi) is 4.14. The van der Waals surface area contributed by atoms with Crippen LogP contribution in [0.15, 0.2) is 12.4 Å². The van der Waals surface area contributed by atoms with Gasteiger partial charge in [0.2, 0.25) is 5.91 Å². The van der Waals surface area contributed by atoms with Crippen molar-refractivity contribution in [2.45, 2.75) is 50.6 Å². The van der Waals surface area contributed by atoms with Crippen molar-refractivity contribution in [2.24, 2.45) is 5.73 Å². The van der Waals surface area contributed by atoms with Crippen LogP contribution in [0.25, 0.3) is 0 Å². The molecule has 1 saturated carbocycles. The normalized spacial score (nSPS) is 23.8. The second-order valence-electron chi connectivity index (χ2n) is 4.80. The first-order valence-corrected chi connectivity index (χ1v) is 6.26. The SMILES string of the molecule is N[C@@H]1CC[C@@H](NC(=O)CCCc2cn[nH]c2)C1. The maximum Gasteiger partial charge on any atom is 0.220 e. The van der Waals surface area contributed by atoms with Crippen molar-refractivity contribution in [1.29, 1.82) is 0 Å². The Hall–Kier alpha value is -1.36. The van der Waals surface area contributed by atoms with Gasteiger partial charge in [0.1, 0.15) is 0 Å². The molecule has 0 aliphatic heterocycles. The Morgan fingerprint density at radius 1 is 1.59 bits per heavy atom. The van der Waals surface area contributed by atoms with Gasteiger partial charge in [-0.25, -0.2) is 0 Å². The number of amides is 1. The second kappa shape index (κ2) is 5.82. The number of nitrogens with one attached hydrogen (secondary N) is 2. The molecular weight excluding hydrogens is 216 g/mol. The summed E-state index contributed by atoms with van der Waals surface area (Å²) in [6.45, 7) is 0. The molecule has 4 N–H and O–H groups in total. The summed E-state index contributed by atoms with van der Waals surface area (Å²) in [5.41, 5.74) is 6.96. The molecule has 0 saturated heterocycles. The van der Waals surface area contributed by atoms with E-state index in [0.29, 0.717) is 12.5 Å². The Balaban J connectivity index is 1.61. The van der Waals surface area contributed by atoms with Crippen LogP contribution in [-0.4, -0.2) is 28.2 Å². The lowest BCUT2D eigenvalue weighted by Gasteiger charge is -2.11. The van der Waals surface area contributed by atoms with Crippen molar-refractivity contribution < 1.29 is 4.79 Å². The molecule has 1 aliphatic rings. The molecule has 0 bridgehead atoms. The van der Waals surface area contributed by atoms with E-state index in [2.05, 4.69) is 15.5 Å². The summed E-state index contributed by atoms with van der Waals surface area (Å²) in [5.74, 6) is 0.146. The van der Waals surface area contributed by atoms with Crippen LogP contribution in [0.4, 0.5) is 0 Å². The zero-order chi connectivity index (χ0) is 12.1. The van der Waals surface area contributed by atoms with Crippen LogP contribution in [0.3, 0.4) is 0 Å². The standard InChI is InChI=1S/C12H20N4O/c13-10-4-5-11(6-10)16-12(17)3-1-2-9-7-14-15-8-9/h7-8,10-11H,1-6,13H2,(H,14,15)(H,16,17)/t10-,11-/m1/s1. The number of rotatable bonds is 5. The van der Waals surface area contributed by atoms with Crippen molar-refractivity contribution >= 4 is 5.91 Å². The van der Waals surface area contributed by atoms with E-state index in [1.54, 1.807) is 6.20 Å². The van der Waals surface area contributed by atoms with Gasteiger partial charge in [0.25, 0.3) is 0 Å². The van der Waals surface area contributed by atoms with Gasteiger partial charge >= 0.3 is 0 Å². The number of hydrogen-bond acceptors (Lipinski definition) is 3. The minimum absolute atomic E-state index is 0.146. The largest absolute Gasteiger partial charge is 0.353 e. The lowest BCUT2D eigenvalue weighted by atomic mass is 10.1. The summed E-state index contributed by atoms with van der Waals surface area (Å²) >= 11 is 0. The van der Waals surface area contributed by atoms with Gasteiger partial charge in [-0.3, -0.25) is 9.89 Å². The molecule has 0 aromatic carbocycles. The number of nitrogens with two attached hydrogens (primary N) is 1. The number of nitrogens with zero attached hydrogens (tertiary/aromatic N) is 1. The summed E-state index contributed by atoms with van der Waals surface area (Å²) in [6, 6.07) is 0.567. The average Bonchev–Trinajstić information content (AvgIpc) is 2.90. The van der Waals surface area contributed by atoms with Crippen molar-refractivity contribution in [3.63, 3.8) is 0 Å². The summed E-state index contributed by atoms with van der Waals surface area (Å²) in [6.07, 6.45) is 8.99. The van der Waals surface area contributed by atoms with E-state index < -0.39 is 0 Å². The second-order valence-corrected chi connectivity index (χ2v) is 4.80. The molecule has 0 unspecified atom stereocenters. The number of H-pyrrole nitrogens is 1. The molecule has 17 heavy (non-hydrogen) atoms. The third kappa shape index (κ3) is 3.85. The minimum atomic E-state index is 0.146. The predicted octanol–water partition coefficient (Wildman–Crippen LogP) is 0.728. The lowest BCUT2D eigenvalue weighted by Crippen LogP contribution is -2.33. The Morgan fingerprint density at radius 3 is 3.12 bits per heavy atom. The first kappa shape index (κ1) is 12.1. The first-order chi connectivity index (χ1) is 8.24. The Morgan fingerprint density at radius 2 is 2.47 bits per heavy atom. The molecule has 1 heterocycles. The van der Waals surface area contributed by atoms with Gasteiger partial charge in [-0.2, -0.15) is 5.10 Å². The number of aromatic amines is 1. The number of aryl methyl sites for hydroxylation is 1. The number of hydrogen-bond donors (Lipinski definition) is 3. The molecule has 5 heteroatoms. The fourth-order valence-electron chi connectivity index (χ4n) is 2.31. The van der Waals surface area contributed by atoms with Crippen molar-refractivity contribution in [1.82, 2.24) is 15.5 Å². The first-order valence-electron chi connectivity index (χ1n) is 6.26. The van der Waals surface area contributed by atoms with Crippen molar-refractivity contribution in [3.8, 4) is 0 Å². The summed E-state index contributed by atoms with van der Waals surface area (Å²) in [5, 5.41) is 9.69. The quantitative estimate of drug-likeness (QED) is 0.704. The number of aromatic nitrogens is 2. The number of carbonyl (C=O) groups is 1. The fourth-order valence-corrected chi connectivity index (χ4v) is 2.31. The molecule has 2 atom stereocenters. The molecule has 1 aromatic rings. The summed E-state index contributed by atoms with van der Waals surface area (Å²) in [7, 11) is 0. The van der Waals surface area contributed by atoms with E-state index in [4.69, 9.17) is 5.73 Å². The van der Waals surface area contributed by atoms with E-state index in [-0.39, 0.29) is 11.9 Å². The zero-order valence-electron chi connectivity index (χ0n) is 9.98. The summed E-state index contributed by atoms with van der Waals surface area (Å²) < 4.78 is 0. The minimum Gasteiger partial charge on any atom is -0.353 e. The van der Waals surface area contributed by atoms with Crippen LogP contribution in [0.5, 0.6) is 0 Å². The monoisotopic (exact) mass is 236 g/mol. The van der Waals surface area contributed by atoms with Crippen LogP contribution >= 0.6 is 0 Å². The Labute approximate surface area is 101 Å². The fraction of sp³-hybridized carbons (Fsp3) is 0.667. The smallest absolute Gasteiger partial charge is 0.220 e. The molecule has 1 fully saturated rings. The van der Waals surface area contributed by atoms with Crippen LogP contribution < -0.4 is 11.1 Å². The third-order valence-electron chi connectivity index (χ3n) is 3.26. The van der Waals surface area contributed by atoms with Gasteiger partial charge in [-0.05, 0) is 37.7 Å². The van der Waals surface area contributed by atoms with Crippen LogP contribution in [0.2, 0.25) is 0 Å². The predicted molar refractivity (Wildman–Crippen MR) is 65.3 cm³/mol. The van der Waals surface area contributed by atoms with Gasteiger partial charge in [-0.15, -0.1) is 0 Å². The highest BCUT2D eigenvalue weighted by Gasteiger charge is 2.22. The molecule has 1 aliphatic carbocycles. The molecule has 94 valence electrons. The average molecular weight is 236 g/mol. The third-order valence-corrected chi connectivity index (χ3v) is 3.26. The van der Waals surface area contributed by atoms with Crippen molar-refractivity contribution in [2.75, 3.05) is 0 Å². The highest BCUT2D eigenvalue weighted by atomic mass is 16.1. The molecular formula is C12H20N4O. The van der Waals surface area contributed by atoms with Crippen LogP contribution in [-0.2, 0) is 11.2 Å². The molecule has 1 aromatic heterocycles. The maximum absolute atomic E-state index is 11.7. The van der Waals surface area contributed by atoms with Crippen LogP contribution in [0.1, 0.15) is 37.7 Å². The highest BCUT2D eigenvalue weighted by molar-refractivity contribution is 5.76. The van der Waals surface area contributed by atoms with Gasteiger partial charge in [0, 0.05) is 24.7 Å². The van der Waals surface area contributed by atoms with Gasteiger partial charge in [-0.1, -0.05) is 0 Å². The van der Waals surface area contributed by atoms with E-state index in [9.17, 15) is 4.79 Å². The highest BCUT2D eigenvalue weighted by Crippen LogP contribution is 2.17. The topological polar surface area (TPSA) is 83.8 Å². The van der Waals surface area contributed by atoms with E-state index in [1.807, 2.05) is 6.20 Å². The van der Waals surface area contributed by atoms with Gasteiger partial charge in [0.15, 0.2) is 0 Å². The molecule has 0 spiro atoms. The van der Waals surface area contributed by atoms with Crippen molar-refractivity contribution in [3.05, 3.63) is 18.0 Å². The van der Waals surface area contributed by atoms with Gasteiger partial charge in [0.05, 0.1) is 6.20 Å². The lowest BCUT2D eigenvalue weighted by molar-refractivity contribution is -0.121. The molecule has 2 rings (SSSR count). The summed E-state index contributed by atoms with van der Waals surface area (Å²) in [4.78, 5) is 11.7. The molecule has 5 nitrogen and oxygen atoms in total. The molecule has 1 amide bonds.